The van der Waals surface area contributed by atoms with Gasteiger partial charge in [-0.1, -0.05) is 17.7 Å². The van der Waals surface area contributed by atoms with E-state index < -0.39 is 20.7 Å². The summed E-state index contributed by atoms with van der Waals surface area (Å²) in [6, 6.07) is 6.07. The lowest BCUT2D eigenvalue weighted by molar-refractivity contribution is 0.0718. The van der Waals surface area contributed by atoms with Gasteiger partial charge in [-0.3, -0.25) is 0 Å². The Balaban J connectivity index is 3.04. The van der Waals surface area contributed by atoms with Crippen LogP contribution in [0.25, 0.3) is 0 Å². The fraction of sp³-hybridized carbons (Fsp3) is 0.417. The quantitative estimate of drug-likeness (QED) is 0.725. The summed E-state index contributed by atoms with van der Waals surface area (Å²) in [5.41, 5.74) is 0.0996. The predicted octanol–water partition coefficient (Wildman–Crippen LogP) is 2.70. The first kappa shape index (κ1) is 13.7. The van der Waals surface area contributed by atoms with Crippen molar-refractivity contribution in [2.24, 2.45) is 0 Å². The minimum Gasteiger partial charge on any atom is -0.448 e. The van der Waals surface area contributed by atoms with E-state index in [1.54, 1.807) is 32.9 Å². The molecule has 0 fully saturated rings. The highest BCUT2D eigenvalue weighted by molar-refractivity contribution is 8.05. The summed E-state index contributed by atoms with van der Waals surface area (Å²) in [6.07, 6.45) is 0. The molecule has 0 spiro atoms. The van der Waals surface area contributed by atoms with Crippen LogP contribution in [0.5, 0.6) is 0 Å². The van der Waals surface area contributed by atoms with E-state index in [0.29, 0.717) is 0 Å². The van der Waals surface area contributed by atoms with Crippen molar-refractivity contribution in [2.75, 3.05) is 0 Å². The highest BCUT2D eigenvalue weighted by atomic mass is 32.2. The third kappa shape index (κ3) is 3.56. The van der Waals surface area contributed by atoms with Crippen LogP contribution in [0, 0.1) is 6.92 Å². The van der Waals surface area contributed by atoms with Gasteiger partial charge in [0.25, 0.3) is 9.84 Å². The van der Waals surface area contributed by atoms with Crippen LogP contribution in [0.15, 0.2) is 29.2 Å². The van der Waals surface area contributed by atoms with Gasteiger partial charge in [-0.05, 0) is 39.8 Å². The fourth-order valence-electron chi connectivity index (χ4n) is 1.12. The highest BCUT2D eigenvalue weighted by Gasteiger charge is 2.30. The number of carbonyl (C=O) groups excluding carboxylic acids is 1. The Kier molecular flexibility index (Phi) is 3.62. The Morgan fingerprint density at radius 1 is 1.12 bits per heavy atom. The van der Waals surface area contributed by atoms with Crippen molar-refractivity contribution in [1.82, 2.24) is 0 Å². The van der Waals surface area contributed by atoms with Crippen molar-refractivity contribution in [3.63, 3.8) is 0 Å². The lowest BCUT2D eigenvalue weighted by Crippen LogP contribution is -2.28. The van der Waals surface area contributed by atoms with E-state index in [4.69, 9.17) is 4.74 Å². The van der Waals surface area contributed by atoms with Gasteiger partial charge in [-0.2, -0.15) is 0 Å². The molecule has 1 aromatic rings. The minimum atomic E-state index is -4.05. The first-order chi connectivity index (χ1) is 7.63. The van der Waals surface area contributed by atoms with E-state index in [1.165, 1.54) is 12.1 Å². The van der Waals surface area contributed by atoms with Gasteiger partial charge in [0, 0.05) is 0 Å². The highest BCUT2D eigenvalue weighted by Crippen LogP contribution is 2.18. The van der Waals surface area contributed by atoms with E-state index in [0.717, 1.165) is 5.56 Å². The molecule has 0 aliphatic heterocycles. The molecule has 0 aromatic heterocycles. The van der Waals surface area contributed by atoms with Gasteiger partial charge in [0.1, 0.15) is 5.60 Å². The van der Waals surface area contributed by atoms with E-state index in [9.17, 15) is 13.2 Å². The summed E-state index contributed by atoms with van der Waals surface area (Å²) in [4.78, 5) is 11.5. The van der Waals surface area contributed by atoms with Crippen LogP contribution in [-0.2, 0) is 14.6 Å². The number of ether oxygens (including phenoxy) is 1. The van der Waals surface area contributed by atoms with Crippen molar-refractivity contribution in [3.8, 4) is 0 Å². The number of sulfone groups is 1. The van der Waals surface area contributed by atoms with Crippen molar-refractivity contribution < 1.29 is 17.9 Å². The van der Waals surface area contributed by atoms with E-state index in [2.05, 4.69) is 0 Å². The largest absolute Gasteiger partial charge is 0.448 e. The van der Waals surface area contributed by atoms with Crippen molar-refractivity contribution in [3.05, 3.63) is 29.8 Å². The van der Waals surface area contributed by atoms with Crippen LogP contribution < -0.4 is 0 Å². The maximum atomic E-state index is 11.8. The monoisotopic (exact) mass is 256 g/mol. The standard InChI is InChI=1S/C12H16O4S/c1-9-5-7-10(8-6-9)17(14,15)11(13)16-12(2,3)4/h5-8H,1-4H3. The zero-order valence-electron chi connectivity index (χ0n) is 10.4. The second kappa shape index (κ2) is 4.49. The second-order valence-corrected chi connectivity index (χ2v) is 6.59. The molecule has 0 amide bonds. The van der Waals surface area contributed by atoms with Gasteiger partial charge in [-0.25, -0.2) is 13.2 Å². The summed E-state index contributed by atoms with van der Waals surface area (Å²) in [6.45, 7) is 6.70. The molecule has 4 nitrogen and oxygen atoms in total. The molecule has 0 N–H and O–H groups in total. The van der Waals surface area contributed by atoms with Crippen LogP contribution in [0.4, 0.5) is 4.79 Å². The smallest absolute Gasteiger partial charge is 0.430 e. The molecule has 0 atom stereocenters. The van der Waals surface area contributed by atoms with Gasteiger partial charge in [-0.15, -0.1) is 0 Å². The van der Waals surface area contributed by atoms with Gasteiger partial charge in [0.05, 0.1) is 4.90 Å². The molecule has 17 heavy (non-hydrogen) atoms. The average Bonchev–Trinajstić information content (AvgIpc) is 2.15. The van der Waals surface area contributed by atoms with Gasteiger partial charge < -0.3 is 4.74 Å². The molecule has 0 aliphatic rings. The molecule has 5 heteroatoms. The van der Waals surface area contributed by atoms with Crippen molar-refractivity contribution in [1.29, 1.82) is 0 Å². The van der Waals surface area contributed by atoms with E-state index in [-0.39, 0.29) is 4.90 Å². The third-order valence-corrected chi connectivity index (χ3v) is 3.36. The summed E-state index contributed by atoms with van der Waals surface area (Å²) >= 11 is 0. The Hall–Kier alpha value is -1.36. The first-order valence-electron chi connectivity index (χ1n) is 5.18. The van der Waals surface area contributed by atoms with Gasteiger partial charge in [0.2, 0.25) is 0 Å². The molecule has 0 heterocycles. The molecule has 0 unspecified atom stereocenters. The molecule has 0 saturated heterocycles. The van der Waals surface area contributed by atoms with Gasteiger partial charge >= 0.3 is 5.30 Å². The van der Waals surface area contributed by atoms with E-state index in [1.807, 2.05) is 6.92 Å². The topological polar surface area (TPSA) is 60.4 Å². The number of carbonyl (C=O) groups is 1. The molecule has 94 valence electrons. The minimum absolute atomic E-state index is 0.0441. The molecule has 1 rings (SSSR count). The maximum absolute atomic E-state index is 11.8. The van der Waals surface area contributed by atoms with Crippen LogP contribution >= 0.6 is 0 Å². The third-order valence-electron chi connectivity index (χ3n) is 1.94. The molecular formula is C12H16O4S. The number of rotatable bonds is 1. The Morgan fingerprint density at radius 3 is 2.00 bits per heavy atom. The molecular weight excluding hydrogens is 240 g/mol. The summed E-state index contributed by atoms with van der Waals surface area (Å²) in [5.74, 6) is 0. The number of benzene rings is 1. The van der Waals surface area contributed by atoms with Crippen molar-refractivity contribution >= 4 is 15.1 Å². The Labute approximate surface area is 102 Å². The SMILES string of the molecule is Cc1ccc(S(=O)(=O)C(=O)OC(C)(C)C)cc1. The predicted molar refractivity (Wildman–Crippen MR) is 64.6 cm³/mol. The molecule has 0 radical (unpaired) electrons. The summed E-state index contributed by atoms with van der Waals surface area (Å²) in [5, 5.41) is -1.21. The number of aryl methyl sites for hydroxylation is 1. The lowest BCUT2D eigenvalue weighted by atomic mass is 10.2. The van der Waals surface area contributed by atoms with Crippen LogP contribution in [0.3, 0.4) is 0 Å². The molecule has 0 saturated carbocycles. The fourth-order valence-corrected chi connectivity index (χ4v) is 2.17. The average molecular weight is 256 g/mol. The lowest BCUT2D eigenvalue weighted by Gasteiger charge is -2.19. The molecule has 1 aromatic carbocycles. The first-order valence-corrected chi connectivity index (χ1v) is 6.66. The molecule has 0 bridgehead atoms. The second-order valence-electron chi connectivity index (χ2n) is 4.78. The van der Waals surface area contributed by atoms with Crippen molar-refractivity contribution in [2.45, 2.75) is 38.2 Å². The zero-order valence-corrected chi connectivity index (χ0v) is 11.2. The Morgan fingerprint density at radius 2 is 1.59 bits per heavy atom. The number of hydrogen-bond acceptors (Lipinski definition) is 4. The zero-order chi connectivity index (χ0) is 13.3. The van der Waals surface area contributed by atoms with Crippen LogP contribution in [0.2, 0.25) is 0 Å². The summed E-state index contributed by atoms with van der Waals surface area (Å²) < 4.78 is 28.6. The number of hydrogen-bond donors (Lipinski definition) is 0. The van der Waals surface area contributed by atoms with Crippen LogP contribution in [-0.4, -0.2) is 19.3 Å². The van der Waals surface area contributed by atoms with Crippen LogP contribution in [0.1, 0.15) is 26.3 Å². The summed E-state index contributed by atoms with van der Waals surface area (Å²) in [7, 11) is -4.05. The van der Waals surface area contributed by atoms with Gasteiger partial charge in [0.15, 0.2) is 0 Å². The van der Waals surface area contributed by atoms with E-state index >= 15 is 0 Å². The maximum Gasteiger partial charge on any atom is 0.430 e. The Bertz CT molecular complexity index is 506. The normalized spacial score (nSPS) is 12.2. The molecule has 0 aliphatic carbocycles.